The number of nitrogen functional groups attached to an aromatic ring is 1. The zero-order chi connectivity index (χ0) is 13.1. The molecule has 3 nitrogen and oxygen atoms in total. The van der Waals surface area contributed by atoms with Crippen molar-refractivity contribution in [2.75, 3.05) is 30.0 Å². The predicted octanol–water partition coefficient (Wildman–Crippen LogP) is 3.73. The standard InChI is InChI=1S/C14H16ClN3/c1-18(2)13-9-4-3-8-12(13)17-14-10(15)6-5-7-11(14)16/h3-9,17H,16H2,1-2H3. The van der Waals surface area contributed by atoms with E-state index in [1.165, 1.54) is 0 Å². The summed E-state index contributed by atoms with van der Waals surface area (Å²) < 4.78 is 0. The van der Waals surface area contributed by atoms with Crippen molar-refractivity contribution in [3.8, 4) is 0 Å². The Morgan fingerprint density at radius 3 is 2.44 bits per heavy atom. The Labute approximate surface area is 112 Å². The van der Waals surface area contributed by atoms with Crippen LogP contribution in [0.25, 0.3) is 0 Å². The monoisotopic (exact) mass is 261 g/mol. The number of rotatable bonds is 3. The van der Waals surface area contributed by atoms with Crippen LogP contribution >= 0.6 is 11.6 Å². The van der Waals surface area contributed by atoms with Crippen LogP contribution in [0.2, 0.25) is 5.02 Å². The van der Waals surface area contributed by atoms with Gasteiger partial charge in [-0.05, 0) is 24.3 Å². The maximum absolute atomic E-state index is 6.16. The molecule has 2 aromatic rings. The molecule has 0 bridgehead atoms. The Morgan fingerprint density at radius 1 is 1.06 bits per heavy atom. The van der Waals surface area contributed by atoms with Gasteiger partial charge >= 0.3 is 0 Å². The first-order valence-electron chi connectivity index (χ1n) is 5.67. The SMILES string of the molecule is CN(C)c1ccccc1Nc1c(N)cccc1Cl. The summed E-state index contributed by atoms with van der Waals surface area (Å²) in [6, 6.07) is 13.5. The molecule has 0 saturated carbocycles. The minimum Gasteiger partial charge on any atom is -0.397 e. The molecular formula is C14H16ClN3. The smallest absolute Gasteiger partial charge is 0.0807 e. The minimum atomic E-state index is 0.614. The Bertz CT molecular complexity index is 532. The molecule has 0 spiro atoms. The molecule has 18 heavy (non-hydrogen) atoms. The Balaban J connectivity index is 2.40. The van der Waals surface area contributed by atoms with Crippen molar-refractivity contribution < 1.29 is 0 Å². The topological polar surface area (TPSA) is 41.3 Å². The van der Waals surface area contributed by atoms with Crippen LogP contribution in [0.5, 0.6) is 0 Å². The Kier molecular flexibility index (Phi) is 3.63. The van der Waals surface area contributed by atoms with Crippen LogP contribution in [0.15, 0.2) is 42.5 Å². The number of halogens is 1. The maximum Gasteiger partial charge on any atom is 0.0807 e. The van der Waals surface area contributed by atoms with Crippen molar-refractivity contribution in [3.63, 3.8) is 0 Å². The first-order chi connectivity index (χ1) is 8.59. The van der Waals surface area contributed by atoms with E-state index < -0.39 is 0 Å². The van der Waals surface area contributed by atoms with E-state index in [-0.39, 0.29) is 0 Å². The van der Waals surface area contributed by atoms with Crippen LogP contribution in [-0.4, -0.2) is 14.1 Å². The van der Waals surface area contributed by atoms with Gasteiger partial charge in [0.15, 0.2) is 0 Å². The number of anilines is 4. The van der Waals surface area contributed by atoms with Gasteiger partial charge in [0.1, 0.15) is 0 Å². The van der Waals surface area contributed by atoms with Crippen LogP contribution < -0.4 is 16.0 Å². The summed E-state index contributed by atoms with van der Waals surface area (Å²) in [6.07, 6.45) is 0. The number of nitrogens with two attached hydrogens (primary N) is 1. The number of hydrogen-bond acceptors (Lipinski definition) is 3. The third kappa shape index (κ3) is 2.51. The van der Waals surface area contributed by atoms with Gasteiger partial charge in [-0.15, -0.1) is 0 Å². The fourth-order valence-corrected chi connectivity index (χ4v) is 2.01. The molecule has 2 aromatic carbocycles. The number of nitrogens with zero attached hydrogens (tertiary/aromatic N) is 1. The van der Waals surface area contributed by atoms with Crippen LogP contribution in [0, 0.1) is 0 Å². The van der Waals surface area contributed by atoms with E-state index in [2.05, 4.69) is 5.32 Å². The van der Waals surface area contributed by atoms with E-state index in [9.17, 15) is 0 Å². The Morgan fingerprint density at radius 2 is 1.78 bits per heavy atom. The molecule has 0 aliphatic rings. The summed E-state index contributed by atoms with van der Waals surface area (Å²) in [5, 5.41) is 3.91. The summed E-state index contributed by atoms with van der Waals surface area (Å²) in [7, 11) is 3.99. The average Bonchev–Trinajstić information content (AvgIpc) is 2.34. The number of benzene rings is 2. The molecule has 94 valence electrons. The summed E-state index contributed by atoms with van der Waals surface area (Å²) >= 11 is 6.16. The van der Waals surface area contributed by atoms with E-state index in [1.807, 2.05) is 61.5 Å². The Hall–Kier alpha value is -1.87. The van der Waals surface area contributed by atoms with E-state index in [0.29, 0.717) is 10.7 Å². The van der Waals surface area contributed by atoms with Gasteiger partial charge in [0.2, 0.25) is 0 Å². The van der Waals surface area contributed by atoms with E-state index >= 15 is 0 Å². The number of nitrogens with one attached hydrogen (secondary N) is 1. The molecule has 0 aliphatic heterocycles. The first kappa shape index (κ1) is 12.6. The summed E-state index contributed by atoms with van der Waals surface area (Å²) in [5.74, 6) is 0. The maximum atomic E-state index is 6.16. The molecule has 3 N–H and O–H groups in total. The molecule has 0 aromatic heterocycles. The van der Waals surface area contributed by atoms with Gasteiger partial charge in [-0.2, -0.15) is 0 Å². The third-order valence-electron chi connectivity index (χ3n) is 2.69. The zero-order valence-corrected chi connectivity index (χ0v) is 11.2. The second-order valence-electron chi connectivity index (χ2n) is 4.24. The molecular weight excluding hydrogens is 246 g/mol. The van der Waals surface area contributed by atoms with Crippen LogP contribution in [-0.2, 0) is 0 Å². The quantitative estimate of drug-likeness (QED) is 0.827. The lowest BCUT2D eigenvalue weighted by atomic mass is 10.2. The van der Waals surface area contributed by atoms with Gasteiger partial charge in [-0.1, -0.05) is 29.8 Å². The van der Waals surface area contributed by atoms with Gasteiger partial charge in [0, 0.05) is 14.1 Å². The summed E-state index contributed by atoms with van der Waals surface area (Å²) in [6.45, 7) is 0. The van der Waals surface area contributed by atoms with Gasteiger partial charge in [0.05, 0.1) is 27.8 Å². The molecule has 0 heterocycles. The lowest BCUT2D eigenvalue weighted by Gasteiger charge is -2.19. The number of hydrogen-bond donors (Lipinski definition) is 2. The van der Waals surface area contributed by atoms with Crippen LogP contribution in [0.4, 0.5) is 22.7 Å². The lowest BCUT2D eigenvalue weighted by molar-refractivity contribution is 1.13. The van der Waals surface area contributed by atoms with E-state index in [1.54, 1.807) is 0 Å². The van der Waals surface area contributed by atoms with Gasteiger partial charge in [-0.3, -0.25) is 0 Å². The van der Waals surface area contributed by atoms with Crippen LogP contribution in [0.1, 0.15) is 0 Å². The molecule has 4 heteroatoms. The van der Waals surface area contributed by atoms with Crippen molar-refractivity contribution in [2.24, 2.45) is 0 Å². The molecule has 0 amide bonds. The van der Waals surface area contributed by atoms with Crippen molar-refractivity contribution in [3.05, 3.63) is 47.5 Å². The van der Waals surface area contributed by atoms with E-state index in [4.69, 9.17) is 17.3 Å². The van der Waals surface area contributed by atoms with Gasteiger partial charge in [0.25, 0.3) is 0 Å². The highest BCUT2D eigenvalue weighted by atomic mass is 35.5. The fourth-order valence-electron chi connectivity index (χ4n) is 1.78. The zero-order valence-electron chi connectivity index (χ0n) is 10.4. The second-order valence-corrected chi connectivity index (χ2v) is 4.65. The van der Waals surface area contributed by atoms with Crippen molar-refractivity contribution in [2.45, 2.75) is 0 Å². The van der Waals surface area contributed by atoms with Crippen molar-refractivity contribution >= 4 is 34.4 Å². The highest BCUT2D eigenvalue weighted by molar-refractivity contribution is 6.34. The predicted molar refractivity (Wildman–Crippen MR) is 79.9 cm³/mol. The van der Waals surface area contributed by atoms with Gasteiger partial charge in [-0.25, -0.2) is 0 Å². The average molecular weight is 262 g/mol. The summed E-state index contributed by atoms with van der Waals surface area (Å²) in [5.41, 5.74) is 9.37. The molecule has 0 atom stereocenters. The minimum absolute atomic E-state index is 0.614. The molecule has 0 saturated heterocycles. The second kappa shape index (κ2) is 5.19. The first-order valence-corrected chi connectivity index (χ1v) is 6.05. The molecule has 2 rings (SSSR count). The molecule has 0 fully saturated rings. The summed E-state index contributed by atoms with van der Waals surface area (Å²) in [4.78, 5) is 2.04. The molecule has 0 radical (unpaired) electrons. The normalized spacial score (nSPS) is 10.2. The molecule has 0 unspecified atom stereocenters. The number of para-hydroxylation sites is 3. The van der Waals surface area contributed by atoms with Crippen LogP contribution in [0.3, 0.4) is 0 Å². The van der Waals surface area contributed by atoms with Crippen molar-refractivity contribution in [1.29, 1.82) is 0 Å². The van der Waals surface area contributed by atoms with Crippen molar-refractivity contribution in [1.82, 2.24) is 0 Å². The van der Waals surface area contributed by atoms with Gasteiger partial charge < -0.3 is 16.0 Å². The largest absolute Gasteiger partial charge is 0.397 e. The van der Waals surface area contributed by atoms with E-state index in [0.717, 1.165) is 17.1 Å². The lowest BCUT2D eigenvalue weighted by Crippen LogP contribution is -2.11. The third-order valence-corrected chi connectivity index (χ3v) is 3.01. The molecule has 0 aliphatic carbocycles. The highest BCUT2D eigenvalue weighted by Crippen LogP contribution is 2.34. The fraction of sp³-hybridized carbons (Fsp3) is 0.143. The highest BCUT2D eigenvalue weighted by Gasteiger charge is 2.08.